The van der Waals surface area contributed by atoms with Crippen LogP contribution in [0.5, 0.6) is 5.75 Å². The molecule has 0 saturated carbocycles. The lowest BCUT2D eigenvalue weighted by molar-refractivity contribution is 0.358. The van der Waals surface area contributed by atoms with Crippen LogP contribution in [0.15, 0.2) is 48.6 Å². The highest BCUT2D eigenvalue weighted by atomic mass is 16.5. The third kappa shape index (κ3) is 3.85. The molecule has 1 atom stereocenters. The lowest BCUT2D eigenvalue weighted by Gasteiger charge is -2.19. The van der Waals surface area contributed by atoms with E-state index in [1.54, 1.807) is 0 Å². The average molecular weight is 283 g/mol. The maximum atomic E-state index is 6.07. The van der Waals surface area contributed by atoms with Gasteiger partial charge in [-0.15, -0.1) is 0 Å². The minimum atomic E-state index is 0.287. The van der Waals surface area contributed by atoms with E-state index in [0.29, 0.717) is 6.61 Å². The second-order valence-electron chi connectivity index (χ2n) is 5.26. The summed E-state index contributed by atoms with van der Waals surface area (Å²) in [5, 5.41) is 5.95. The van der Waals surface area contributed by atoms with E-state index in [0.717, 1.165) is 18.7 Å². The maximum absolute atomic E-state index is 6.07. The predicted octanol–water partition coefficient (Wildman–Crippen LogP) is 4.86. The van der Waals surface area contributed by atoms with Crippen molar-refractivity contribution in [1.82, 2.24) is 5.32 Å². The Morgan fingerprint density at radius 1 is 1.19 bits per heavy atom. The maximum Gasteiger partial charge on any atom is 0.132 e. The first-order valence-corrected chi connectivity index (χ1v) is 7.77. The molecule has 1 N–H and O–H groups in total. The van der Waals surface area contributed by atoms with E-state index in [9.17, 15) is 0 Å². The van der Waals surface area contributed by atoms with Crippen LogP contribution in [0.2, 0.25) is 0 Å². The Morgan fingerprint density at radius 2 is 2.00 bits per heavy atom. The summed E-state index contributed by atoms with van der Waals surface area (Å²) in [5.41, 5.74) is 1.23. The van der Waals surface area contributed by atoms with Gasteiger partial charge in [0.2, 0.25) is 0 Å². The van der Waals surface area contributed by atoms with Gasteiger partial charge < -0.3 is 10.1 Å². The molecule has 2 aromatic carbocycles. The normalized spacial score (nSPS) is 12.9. The van der Waals surface area contributed by atoms with Gasteiger partial charge in [0.1, 0.15) is 12.4 Å². The van der Waals surface area contributed by atoms with Crippen LogP contribution in [0.1, 0.15) is 38.8 Å². The molecule has 2 heteroatoms. The largest absolute Gasteiger partial charge is 0.489 e. The summed E-state index contributed by atoms with van der Waals surface area (Å²) in [7, 11) is 0. The van der Waals surface area contributed by atoms with Crippen LogP contribution in [-0.2, 0) is 0 Å². The highest BCUT2D eigenvalue weighted by Crippen LogP contribution is 2.33. The quantitative estimate of drug-likeness (QED) is 0.733. The fraction of sp³-hybridized carbons (Fsp3) is 0.368. The zero-order valence-electron chi connectivity index (χ0n) is 13.2. The van der Waals surface area contributed by atoms with Crippen LogP contribution in [0.25, 0.3) is 10.8 Å². The Balaban J connectivity index is 2.40. The Labute approximate surface area is 127 Å². The van der Waals surface area contributed by atoms with Crippen molar-refractivity contribution in [1.29, 1.82) is 0 Å². The summed E-state index contributed by atoms with van der Waals surface area (Å²) >= 11 is 0. The van der Waals surface area contributed by atoms with Gasteiger partial charge in [0, 0.05) is 17.0 Å². The number of ether oxygens (including phenoxy) is 1. The molecule has 0 bridgehead atoms. The standard InChI is InChI=1S/C19H25NO/c1-4-6-14-21-19-17(15(3)20-13-5-2)12-11-16-9-7-8-10-18(16)19/h4,6-12,15,20H,5,13-14H2,1-3H3. The zero-order chi connectivity index (χ0) is 15.1. The van der Waals surface area contributed by atoms with Gasteiger partial charge in [0.05, 0.1) is 0 Å². The highest BCUT2D eigenvalue weighted by molar-refractivity contribution is 5.89. The van der Waals surface area contributed by atoms with Crippen molar-refractivity contribution in [2.24, 2.45) is 0 Å². The van der Waals surface area contributed by atoms with Crippen molar-refractivity contribution in [3.8, 4) is 5.75 Å². The van der Waals surface area contributed by atoms with Crippen molar-refractivity contribution in [3.63, 3.8) is 0 Å². The van der Waals surface area contributed by atoms with Crippen LogP contribution in [0, 0.1) is 0 Å². The molecular weight excluding hydrogens is 258 g/mol. The summed E-state index contributed by atoms with van der Waals surface area (Å²) < 4.78 is 6.07. The summed E-state index contributed by atoms with van der Waals surface area (Å²) in [6, 6.07) is 13.0. The van der Waals surface area contributed by atoms with Crippen LogP contribution in [0.3, 0.4) is 0 Å². The number of rotatable bonds is 7. The number of hydrogen-bond acceptors (Lipinski definition) is 2. The molecule has 0 aromatic heterocycles. The average Bonchev–Trinajstić information content (AvgIpc) is 2.52. The molecular formula is C19H25NO. The molecule has 21 heavy (non-hydrogen) atoms. The molecule has 0 spiro atoms. The fourth-order valence-electron chi connectivity index (χ4n) is 2.46. The molecule has 0 radical (unpaired) electrons. The highest BCUT2D eigenvalue weighted by Gasteiger charge is 2.14. The van der Waals surface area contributed by atoms with E-state index in [1.807, 2.05) is 19.1 Å². The molecule has 0 aliphatic rings. The predicted molar refractivity (Wildman–Crippen MR) is 91.0 cm³/mol. The second-order valence-corrected chi connectivity index (χ2v) is 5.26. The van der Waals surface area contributed by atoms with E-state index in [1.165, 1.54) is 16.3 Å². The fourth-order valence-corrected chi connectivity index (χ4v) is 2.46. The number of hydrogen-bond donors (Lipinski definition) is 1. The molecule has 0 amide bonds. The number of nitrogens with one attached hydrogen (secondary N) is 1. The van der Waals surface area contributed by atoms with Gasteiger partial charge in [-0.3, -0.25) is 0 Å². The topological polar surface area (TPSA) is 21.3 Å². The van der Waals surface area contributed by atoms with Gasteiger partial charge in [0.15, 0.2) is 0 Å². The van der Waals surface area contributed by atoms with Gasteiger partial charge in [0.25, 0.3) is 0 Å². The molecule has 1 unspecified atom stereocenters. The Morgan fingerprint density at radius 3 is 2.76 bits per heavy atom. The molecule has 0 aliphatic heterocycles. The van der Waals surface area contributed by atoms with Gasteiger partial charge in [-0.05, 0) is 32.2 Å². The Bertz CT molecular complexity index is 604. The lowest BCUT2D eigenvalue weighted by Crippen LogP contribution is -2.20. The van der Waals surface area contributed by atoms with E-state index in [2.05, 4.69) is 55.6 Å². The van der Waals surface area contributed by atoms with Crippen LogP contribution >= 0.6 is 0 Å². The van der Waals surface area contributed by atoms with Crippen molar-refractivity contribution in [2.45, 2.75) is 33.2 Å². The summed E-state index contributed by atoms with van der Waals surface area (Å²) in [5.74, 6) is 1.00. The van der Waals surface area contributed by atoms with Crippen LogP contribution in [0.4, 0.5) is 0 Å². The number of fused-ring (bicyclic) bond motifs is 1. The molecule has 0 heterocycles. The van der Waals surface area contributed by atoms with Gasteiger partial charge >= 0.3 is 0 Å². The zero-order valence-corrected chi connectivity index (χ0v) is 13.2. The first kappa shape index (κ1) is 15.6. The van der Waals surface area contributed by atoms with Gasteiger partial charge in [-0.25, -0.2) is 0 Å². The lowest BCUT2D eigenvalue weighted by atomic mass is 10.0. The van der Waals surface area contributed by atoms with E-state index >= 15 is 0 Å². The van der Waals surface area contributed by atoms with Crippen molar-refractivity contribution >= 4 is 10.8 Å². The van der Waals surface area contributed by atoms with Crippen molar-refractivity contribution in [3.05, 3.63) is 54.1 Å². The number of benzene rings is 2. The molecule has 0 fully saturated rings. The SMILES string of the molecule is CC=CCOc1c(C(C)NCCC)ccc2ccccc12. The Kier molecular flexibility index (Phi) is 5.82. The van der Waals surface area contributed by atoms with Gasteiger partial charge in [-0.2, -0.15) is 0 Å². The molecule has 112 valence electrons. The minimum Gasteiger partial charge on any atom is -0.489 e. The number of allylic oxidation sites excluding steroid dienone is 1. The van der Waals surface area contributed by atoms with Crippen molar-refractivity contribution < 1.29 is 4.74 Å². The smallest absolute Gasteiger partial charge is 0.132 e. The molecule has 0 saturated heterocycles. The van der Waals surface area contributed by atoms with Crippen LogP contribution < -0.4 is 10.1 Å². The summed E-state index contributed by atoms with van der Waals surface area (Å²) in [6.45, 7) is 8.02. The Hall–Kier alpha value is -1.80. The van der Waals surface area contributed by atoms with E-state index < -0.39 is 0 Å². The van der Waals surface area contributed by atoms with Crippen molar-refractivity contribution in [2.75, 3.05) is 13.2 Å². The molecule has 2 rings (SSSR count). The minimum absolute atomic E-state index is 0.287. The third-order valence-electron chi connectivity index (χ3n) is 3.64. The summed E-state index contributed by atoms with van der Waals surface area (Å²) in [6.07, 6.45) is 5.19. The molecule has 2 nitrogen and oxygen atoms in total. The van der Waals surface area contributed by atoms with Crippen LogP contribution in [-0.4, -0.2) is 13.2 Å². The first-order valence-electron chi connectivity index (χ1n) is 7.77. The molecule has 2 aromatic rings. The monoisotopic (exact) mass is 283 g/mol. The summed E-state index contributed by atoms with van der Waals surface area (Å²) in [4.78, 5) is 0. The first-order chi connectivity index (χ1) is 10.3. The van der Waals surface area contributed by atoms with E-state index in [-0.39, 0.29) is 6.04 Å². The van der Waals surface area contributed by atoms with Gasteiger partial charge in [-0.1, -0.05) is 55.5 Å². The third-order valence-corrected chi connectivity index (χ3v) is 3.64. The van der Waals surface area contributed by atoms with E-state index in [4.69, 9.17) is 4.74 Å². The second kappa shape index (κ2) is 7.84. The molecule has 0 aliphatic carbocycles.